The summed E-state index contributed by atoms with van der Waals surface area (Å²) < 4.78 is 28.5. The number of hydrogen-bond donors (Lipinski definition) is 2. The predicted octanol–water partition coefficient (Wildman–Crippen LogP) is 2.97. The van der Waals surface area contributed by atoms with Gasteiger partial charge in [0.2, 0.25) is 6.86 Å². The Morgan fingerprint density at radius 2 is 1.91 bits per heavy atom. The smallest absolute Gasteiger partial charge is 0.489 e. The van der Waals surface area contributed by atoms with Crippen molar-refractivity contribution in [3.63, 3.8) is 0 Å². The minimum atomic E-state index is -1.35. The maximum Gasteiger partial charge on any atom is 0.492 e. The number of hydrogen-bond acceptors (Lipinski definition) is 6. The molecule has 0 unspecified atom stereocenters. The first-order chi connectivity index (χ1) is 16.4. The van der Waals surface area contributed by atoms with Gasteiger partial charge < -0.3 is 24.5 Å². The first kappa shape index (κ1) is 23.3. The molecular weight excluding hydrogens is 438 g/mol. The van der Waals surface area contributed by atoms with Gasteiger partial charge in [0.1, 0.15) is 18.1 Å². The van der Waals surface area contributed by atoms with Gasteiger partial charge in [-0.1, -0.05) is 36.4 Å². The first-order valence-electron chi connectivity index (χ1n) is 10.6. The van der Waals surface area contributed by atoms with Gasteiger partial charge >= 0.3 is 7.12 Å². The molecule has 0 bridgehead atoms. The third kappa shape index (κ3) is 4.88. The molecule has 0 saturated heterocycles. The number of halogens is 1. The van der Waals surface area contributed by atoms with E-state index in [1.165, 1.54) is 24.3 Å². The largest absolute Gasteiger partial charge is 0.492 e. The molecule has 3 aromatic carbocycles. The Balaban J connectivity index is 1.55. The van der Waals surface area contributed by atoms with E-state index in [4.69, 9.17) is 14.1 Å². The highest BCUT2D eigenvalue weighted by Crippen LogP contribution is 2.32. The zero-order valence-electron chi connectivity index (χ0n) is 18.5. The molecule has 3 aromatic rings. The molecule has 0 aliphatic carbocycles. The number of amides is 1. The van der Waals surface area contributed by atoms with Crippen LogP contribution in [0.1, 0.15) is 22.8 Å². The SMILES string of the molecule is C[C@](C#N)(COc1ccc2c(c1-c1ccccc1)B(O)OC2)NC(=O)c1ccc(OCF)cc1. The number of nitriles is 1. The number of nitrogens with zero attached hydrogens (tertiary/aromatic N) is 1. The lowest BCUT2D eigenvalue weighted by Crippen LogP contribution is -2.49. The zero-order valence-corrected chi connectivity index (χ0v) is 18.5. The van der Waals surface area contributed by atoms with E-state index < -0.39 is 25.4 Å². The molecule has 1 aliphatic heterocycles. The maximum absolute atomic E-state index is 12.7. The molecule has 9 heteroatoms. The quantitative estimate of drug-likeness (QED) is 0.502. The van der Waals surface area contributed by atoms with Gasteiger partial charge in [0.05, 0.1) is 12.7 Å². The minimum absolute atomic E-state index is 0.145. The van der Waals surface area contributed by atoms with Crippen LogP contribution in [-0.4, -0.2) is 37.1 Å². The summed E-state index contributed by atoms with van der Waals surface area (Å²) in [5.74, 6) is 0.264. The molecule has 7 nitrogen and oxygen atoms in total. The van der Waals surface area contributed by atoms with E-state index in [0.717, 1.165) is 11.1 Å². The number of carbonyl (C=O) groups excluding carboxylic acids is 1. The Labute approximate surface area is 196 Å². The van der Waals surface area contributed by atoms with Gasteiger partial charge in [0.15, 0.2) is 5.54 Å². The number of nitrogens with one attached hydrogen (secondary N) is 1. The van der Waals surface area contributed by atoms with Crippen molar-refractivity contribution < 1.29 is 28.3 Å². The van der Waals surface area contributed by atoms with Gasteiger partial charge in [-0.3, -0.25) is 4.79 Å². The monoisotopic (exact) mass is 460 g/mol. The average Bonchev–Trinajstić information content (AvgIpc) is 3.24. The molecule has 1 heterocycles. The fraction of sp³-hybridized carbons (Fsp3) is 0.200. The van der Waals surface area contributed by atoms with Crippen molar-refractivity contribution in [2.45, 2.75) is 19.1 Å². The Hall–Kier alpha value is -3.87. The number of benzene rings is 3. The van der Waals surface area contributed by atoms with Crippen molar-refractivity contribution in [2.75, 3.05) is 13.5 Å². The second-order valence-electron chi connectivity index (χ2n) is 8.01. The molecule has 0 saturated carbocycles. The molecule has 1 atom stereocenters. The second kappa shape index (κ2) is 9.95. The number of alkyl halides is 1. The van der Waals surface area contributed by atoms with E-state index in [1.54, 1.807) is 13.0 Å². The van der Waals surface area contributed by atoms with Gasteiger partial charge in [-0.2, -0.15) is 5.26 Å². The summed E-state index contributed by atoms with van der Waals surface area (Å²) >= 11 is 0. The van der Waals surface area contributed by atoms with Crippen LogP contribution < -0.4 is 20.3 Å². The molecule has 4 rings (SSSR count). The first-order valence-corrected chi connectivity index (χ1v) is 10.6. The van der Waals surface area contributed by atoms with Crippen LogP contribution in [0.5, 0.6) is 11.5 Å². The lowest BCUT2D eigenvalue weighted by atomic mass is 9.74. The molecule has 0 fully saturated rings. The average molecular weight is 460 g/mol. The highest BCUT2D eigenvalue weighted by molar-refractivity contribution is 6.63. The van der Waals surface area contributed by atoms with Gasteiger partial charge in [-0.15, -0.1) is 0 Å². The minimum Gasteiger partial charge on any atom is -0.489 e. The van der Waals surface area contributed by atoms with E-state index in [-0.39, 0.29) is 18.8 Å². The molecule has 0 radical (unpaired) electrons. The van der Waals surface area contributed by atoms with Crippen LogP contribution in [0, 0.1) is 11.3 Å². The van der Waals surface area contributed by atoms with Gasteiger partial charge in [-0.05, 0) is 53.8 Å². The Kier molecular flexibility index (Phi) is 6.82. The lowest BCUT2D eigenvalue weighted by molar-refractivity contribution is 0.0901. The zero-order chi connectivity index (χ0) is 24.1. The van der Waals surface area contributed by atoms with Crippen LogP contribution in [0.15, 0.2) is 66.7 Å². The van der Waals surface area contributed by atoms with Crippen molar-refractivity contribution in [1.82, 2.24) is 5.32 Å². The van der Waals surface area contributed by atoms with Crippen LogP contribution in [0.2, 0.25) is 0 Å². The van der Waals surface area contributed by atoms with Crippen LogP contribution in [0.3, 0.4) is 0 Å². The molecule has 0 aromatic heterocycles. The molecule has 1 amide bonds. The van der Waals surface area contributed by atoms with E-state index >= 15 is 0 Å². The topological polar surface area (TPSA) is 101 Å². The number of ether oxygens (including phenoxy) is 2. The van der Waals surface area contributed by atoms with Crippen LogP contribution in [0.25, 0.3) is 11.1 Å². The van der Waals surface area contributed by atoms with Gasteiger partial charge in [0.25, 0.3) is 5.91 Å². The summed E-state index contributed by atoms with van der Waals surface area (Å²) in [5.41, 5.74) is 1.93. The van der Waals surface area contributed by atoms with Crippen molar-refractivity contribution in [2.24, 2.45) is 0 Å². The van der Waals surface area contributed by atoms with Crippen LogP contribution in [-0.2, 0) is 11.3 Å². The Morgan fingerprint density at radius 1 is 1.18 bits per heavy atom. The predicted molar refractivity (Wildman–Crippen MR) is 124 cm³/mol. The number of carbonyl (C=O) groups is 1. The fourth-order valence-electron chi connectivity index (χ4n) is 3.73. The third-order valence-electron chi connectivity index (χ3n) is 5.49. The second-order valence-corrected chi connectivity index (χ2v) is 8.01. The molecule has 172 valence electrons. The van der Waals surface area contributed by atoms with Crippen LogP contribution in [0.4, 0.5) is 4.39 Å². The summed E-state index contributed by atoms with van der Waals surface area (Å²) in [4.78, 5) is 12.7. The summed E-state index contributed by atoms with van der Waals surface area (Å²) in [6, 6.07) is 21.0. The Morgan fingerprint density at radius 3 is 2.59 bits per heavy atom. The highest BCUT2D eigenvalue weighted by atomic mass is 19.1. The summed E-state index contributed by atoms with van der Waals surface area (Å²) in [6.45, 7) is 0.733. The molecular formula is C25H22BFN2O5. The summed E-state index contributed by atoms with van der Waals surface area (Å²) in [6.07, 6.45) is 0. The molecule has 34 heavy (non-hydrogen) atoms. The summed E-state index contributed by atoms with van der Waals surface area (Å²) in [7, 11) is -1.08. The van der Waals surface area contributed by atoms with Gasteiger partial charge in [-0.25, -0.2) is 4.39 Å². The van der Waals surface area contributed by atoms with Gasteiger partial charge in [0, 0.05) is 11.1 Å². The lowest BCUT2D eigenvalue weighted by Gasteiger charge is -2.25. The number of fused-ring (bicyclic) bond motifs is 1. The van der Waals surface area contributed by atoms with Crippen molar-refractivity contribution in [3.8, 4) is 28.7 Å². The third-order valence-corrected chi connectivity index (χ3v) is 5.49. The maximum atomic E-state index is 12.7. The fourth-order valence-corrected chi connectivity index (χ4v) is 3.73. The van der Waals surface area contributed by atoms with E-state index in [2.05, 4.69) is 11.4 Å². The van der Waals surface area contributed by atoms with E-state index in [0.29, 0.717) is 22.5 Å². The van der Waals surface area contributed by atoms with Crippen molar-refractivity contribution >= 4 is 18.5 Å². The van der Waals surface area contributed by atoms with E-state index in [9.17, 15) is 19.5 Å². The molecule has 2 N–H and O–H groups in total. The normalized spacial score (nSPS) is 14.0. The number of rotatable bonds is 8. The summed E-state index contributed by atoms with van der Waals surface area (Å²) in [5, 5.41) is 22.9. The Bertz CT molecular complexity index is 1220. The van der Waals surface area contributed by atoms with Crippen LogP contribution >= 0.6 is 0 Å². The highest BCUT2D eigenvalue weighted by Gasteiger charge is 2.34. The molecule has 1 aliphatic rings. The standard InChI is InChI=1S/C25H22BFN2O5/c1-25(14-28,29-24(30)18-7-10-20(11-8-18)33-16-27)15-32-21-12-9-19-13-34-26(31)23(19)22(21)17-5-3-2-4-6-17/h2-12,31H,13,15-16H2,1H3,(H,29,30)/t25-/m0/s1. The van der Waals surface area contributed by atoms with Crippen molar-refractivity contribution in [3.05, 3.63) is 77.9 Å². The van der Waals surface area contributed by atoms with Crippen molar-refractivity contribution in [1.29, 1.82) is 5.26 Å². The molecule has 0 spiro atoms. The van der Waals surface area contributed by atoms with E-state index in [1.807, 2.05) is 36.4 Å².